The van der Waals surface area contributed by atoms with Gasteiger partial charge < -0.3 is 5.32 Å². The van der Waals surface area contributed by atoms with Gasteiger partial charge in [0.15, 0.2) is 0 Å². The standard InChI is InChI=1S/C11H18BrN3/c1-9(15-8-10(12)7-14-15)3-2-6-13-11-4-5-11/h7-9,11,13H,2-6H2,1H3. The van der Waals surface area contributed by atoms with Crippen molar-refractivity contribution in [3.05, 3.63) is 16.9 Å². The fraction of sp³-hybridized carbons (Fsp3) is 0.727. The number of aromatic nitrogens is 2. The summed E-state index contributed by atoms with van der Waals surface area (Å²) in [5, 5.41) is 7.82. The van der Waals surface area contributed by atoms with Crippen LogP contribution in [-0.4, -0.2) is 22.4 Å². The molecule has 0 aliphatic heterocycles. The molecule has 0 spiro atoms. The Labute approximate surface area is 99.4 Å². The molecule has 1 aromatic heterocycles. The van der Waals surface area contributed by atoms with Gasteiger partial charge in [0.05, 0.1) is 10.7 Å². The van der Waals surface area contributed by atoms with Crippen molar-refractivity contribution < 1.29 is 0 Å². The van der Waals surface area contributed by atoms with Crippen LogP contribution in [0.5, 0.6) is 0 Å². The molecule has 0 saturated heterocycles. The minimum atomic E-state index is 0.498. The van der Waals surface area contributed by atoms with Crippen molar-refractivity contribution in [1.29, 1.82) is 0 Å². The van der Waals surface area contributed by atoms with Gasteiger partial charge in [0.25, 0.3) is 0 Å². The van der Waals surface area contributed by atoms with Gasteiger partial charge >= 0.3 is 0 Å². The maximum absolute atomic E-state index is 4.29. The van der Waals surface area contributed by atoms with Crippen molar-refractivity contribution in [3.8, 4) is 0 Å². The monoisotopic (exact) mass is 271 g/mol. The highest BCUT2D eigenvalue weighted by Crippen LogP contribution is 2.19. The lowest BCUT2D eigenvalue weighted by molar-refractivity contribution is 0.438. The van der Waals surface area contributed by atoms with Crippen molar-refractivity contribution in [2.45, 2.75) is 44.7 Å². The van der Waals surface area contributed by atoms with E-state index < -0.39 is 0 Å². The molecular formula is C11H18BrN3. The molecule has 84 valence electrons. The smallest absolute Gasteiger partial charge is 0.0632 e. The van der Waals surface area contributed by atoms with Crippen LogP contribution in [0, 0.1) is 0 Å². The Kier molecular flexibility index (Phi) is 3.81. The quantitative estimate of drug-likeness (QED) is 0.807. The highest BCUT2D eigenvalue weighted by Gasteiger charge is 2.19. The first kappa shape index (κ1) is 11.1. The fourth-order valence-corrected chi connectivity index (χ4v) is 1.98. The van der Waals surface area contributed by atoms with Crippen LogP contribution in [0.4, 0.5) is 0 Å². The molecule has 1 aliphatic carbocycles. The van der Waals surface area contributed by atoms with E-state index in [2.05, 4.69) is 33.3 Å². The van der Waals surface area contributed by atoms with Crippen LogP contribution >= 0.6 is 15.9 Å². The second-order valence-corrected chi connectivity index (χ2v) is 5.27. The molecule has 1 unspecified atom stereocenters. The van der Waals surface area contributed by atoms with Gasteiger partial charge in [0, 0.05) is 18.3 Å². The molecule has 15 heavy (non-hydrogen) atoms. The molecule has 0 amide bonds. The van der Waals surface area contributed by atoms with E-state index in [0.717, 1.165) is 17.1 Å². The summed E-state index contributed by atoms with van der Waals surface area (Å²) in [7, 11) is 0. The molecular weight excluding hydrogens is 254 g/mol. The summed E-state index contributed by atoms with van der Waals surface area (Å²) in [5.74, 6) is 0. The van der Waals surface area contributed by atoms with Crippen molar-refractivity contribution in [2.24, 2.45) is 0 Å². The summed E-state index contributed by atoms with van der Waals surface area (Å²) in [6.45, 7) is 3.37. The van der Waals surface area contributed by atoms with Crippen molar-refractivity contribution in [3.63, 3.8) is 0 Å². The maximum Gasteiger partial charge on any atom is 0.0632 e. The average molecular weight is 272 g/mol. The molecule has 0 bridgehead atoms. The summed E-state index contributed by atoms with van der Waals surface area (Å²) < 4.78 is 3.09. The van der Waals surface area contributed by atoms with Gasteiger partial charge in [-0.05, 0) is 55.1 Å². The second kappa shape index (κ2) is 5.12. The topological polar surface area (TPSA) is 29.9 Å². The number of hydrogen-bond acceptors (Lipinski definition) is 2. The van der Waals surface area contributed by atoms with E-state index in [0.29, 0.717) is 6.04 Å². The molecule has 0 radical (unpaired) electrons. The Morgan fingerprint density at radius 2 is 2.47 bits per heavy atom. The molecule has 1 aromatic rings. The SMILES string of the molecule is CC(CCCNC1CC1)n1cc(Br)cn1. The zero-order chi connectivity index (χ0) is 10.7. The zero-order valence-corrected chi connectivity index (χ0v) is 10.7. The predicted octanol–water partition coefficient (Wildman–Crippen LogP) is 2.74. The highest BCUT2D eigenvalue weighted by molar-refractivity contribution is 9.10. The number of nitrogens with zero attached hydrogens (tertiary/aromatic N) is 2. The van der Waals surface area contributed by atoms with E-state index in [1.807, 2.05) is 17.1 Å². The van der Waals surface area contributed by atoms with Crippen molar-refractivity contribution in [2.75, 3.05) is 6.54 Å². The van der Waals surface area contributed by atoms with Crippen LogP contribution in [0.3, 0.4) is 0 Å². The number of rotatable bonds is 6. The van der Waals surface area contributed by atoms with Gasteiger partial charge in [-0.25, -0.2) is 0 Å². The molecule has 1 N–H and O–H groups in total. The molecule has 4 heteroatoms. The van der Waals surface area contributed by atoms with Gasteiger partial charge in [-0.15, -0.1) is 0 Å². The maximum atomic E-state index is 4.29. The largest absolute Gasteiger partial charge is 0.314 e. The van der Waals surface area contributed by atoms with Gasteiger partial charge in [-0.1, -0.05) is 0 Å². The van der Waals surface area contributed by atoms with Gasteiger partial charge in [0.1, 0.15) is 0 Å². The van der Waals surface area contributed by atoms with E-state index >= 15 is 0 Å². The lowest BCUT2D eigenvalue weighted by atomic mass is 10.2. The fourth-order valence-electron chi connectivity index (χ4n) is 1.68. The molecule has 3 nitrogen and oxygen atoms in total. The third kappa shape index (κ3) is 3.61. The third-order valence-corrected chi connectivity index (χ3v) is 3.24. The lowest BCUT2D eigenvalue weighted by Gasteiger charge is -2.11. The summed E-state index contributed by atoms with van der Waals surface area (Å²) in [6.07, 6.45) is 9.06. The van der Waals surface area contributed by atoms with E-state index in [4.69, 9.17) is 0 Å². The summed E-state index contributed by atoms with van der Waals surface area (Å²) in [6, 6.07) is 1.33. The van der Waals surface area contributed by atoms with Gasteiger partial charge in [-0.2, -0.15) is 5.10 Å². The zero-order valence-electron chi connectivity index (χ0n) is 9.12. The summed E-state index contributed by atoms with van der Waals surface area (Å²) in [4.78, 5) is 0. The van der Waals surface area contributed by atoms with Crippen LogP contribution in [0.1, 0.15) is 38.6 Å². The van der Waals surface area contributed by atoms with E-state index in [1.54, 1.807) is 0 Å². The molecule has 2 rings (SSSR count). The Morgan fingerprint density at radius 3 is 3.07 bits per heavy atom. The predicted molar refractivity (Wildman–Crippen MR) is 64.9 cm³/mol. The van der Waals surface area contributed by atoms with Gasteiger partial charge in [0.2, 0.25) is 0 Å². The van der Waals surface area contributed by atoms with Crippen molar-refractivity contribution in [1.82, 2.24) is 15.1 Å². The molecule has 1 saturated carbocycles. The normalized spacial score (nSPS) is 18.0. The first-order valence-electron chi connectivity index (χ1n) is 5.69. The first-order valence-corrected chi connectivity index (χ1v) is 6.48. The Bertz CT molecular complexity index is 307. The Hall–Kier alpha value is -0.350. The van der Waals surface area contributed by atoms with E-state index in [9.17, 15) is 0 Å². The average Bonchev–Trinajstić information content (AvgIpc) is 2.94. The Morgan fingerprint density at radius 1 is 1.67 bits per heavy atom. The first-order chi connectivity index (χ1) is 7.25. The summed E-state index contributed by atoms with van der Waals surface area (Å²) >= 11 is 3.41. The van der Waals surface area contributed by atoms with Crippen LogP contribution < -0.4 is 5.32 Å². The minimum absolute atomic E-state index is 0.498. The Balaban J connectivity index is 1.64. The van der Waals surface area contributed by atoms with Crippen LogP contribution in [-0.2, 0) is 0 Å². The number of halogens is 1. The van der Waals surface area contributed by atoms with Crippen molar-refractivity contribution >= 4 is 15.9 Å². The van der Waals surface area contributed by atoms with Crippen LogP contribution in [0.25, 0.3) is 0 Å². The molecule has 1 aliphatic rings. The minimum Gasteiger partial charge on any atom is -0.314 e. The molecule has 1 fully saturated rings. The third-order valence-electron chi connectivity index (χ3n) is 2.83. The highest BCUT2D eigenvalue weighted by atomic mass is 79.9. The second-order valence-electron chi connectivity index (χ2n) is 4.36. The van der Waals surface area contributed by atoms with Crippen LogP contribution in [0.15, 0.2) is 16.9 Å². The van der Waals surface area contributed by atoms with E-state index in [-0.39, 0.29) is 0 Å². The molecule has 1 atom stereocenters. The molecule has 0 aromatic carbocycles. The van der Waals surface area contributed by atoms with Gasteiger partial charge in [-0.3, -0.25) is 4.68 Å². The van der Waals surface area contributed by atoms with Crippen LogP contribution in [0.2, 0.25) is 0 Å². The lowest BCUT2D eigenvalue weighted by Crippen LogP contribution is -2.18. The number of hydrogen-bond donors (Lipinski definition) is 1. The van der Waals surface area contributed by atoms with E-state index in [1.165, 1.54) is 25.7 Å². The molecule has 1 heterocycles. The summed E-state index contributed by atoms with van der Waals surface area (Å²) in [5.41, 5.74) is 0. The number of nitrogens with one attached hydrogen (secondary N) is 1.